The summed E-state index contributed by atoms with van der Waals surface area (Å²) < 4.78 is 0. The summed E-state index contributed by atoms with van der Waals surface area (Å²) in [5.41, 5.74) is 9.05. The van der Waals surface area contributed by atoms with E-state index in [1.807, 2.05) is 6.07 Å². The molecule has 3 rings (SSSR count). The number of fused-ring (bicyclic) bond motifs is 1. The van der Waals surface area contributed by atoms with Crippen LogP contribution in [0, 0.1) is 5.92 Å². The Morgan fingerprint density at radius 2 is 2.16 bits per heavy atom. The summed E-state index contributed by atoms with van der Waals surface area (Å²) in [4.78, 5) is 16.0. The van der Waals surface area contributed by atoms with E-state index in [0.29, 0.717) is 0 Å². The minimum Gasteiger partial charge on any atom is -0.371 e. The second-order valence-corrected chi connectivity index (χ2v) is 5.81. The van der Waals surface area contributed by atoms with Gasteiger partial charge in [-0.15, -0.1) is 0 Å². The lowest BCUT2D eigenvalue weighted by Gasteiger charge is -2.33. The highest BCUT2D eigenvalue weighted by atomic mass is 16.2. The van der Waals surface area contributed by atoms with Gasteiger partial charge in [0.15, 0.2) is 0 Å². The third-order valence-electron chi connectivity index (χ3n) is 4.33. The molecule has 4 nitrogen and oxygen atoms in total. The van der Waals surface area contributed by atoms with Crippen molar-refractivity contribution < 1.29 is 4.79 Å². The summed E-state index contributed by atoms with van der Waals surface area (Å²) in [5, 5.41) is 0. The molecule has 2 aliphatic heterocycles. The minimum absolute atomic E-state index is 0.0147. The van der Waals surface area contributed by atoms with Crippen LogP contribution >= 0.6 is 0 Å². The Labute approximate surface area is 114 Å². The van der Waals surface area contributed by atoms with Gasteiger partial charge in [0.05, 0.1) is 5.69 Å². The Balaban J connectivity index is 1.92. The largest absolute Gasteiger partial charge is 0.371 e. The van der Waals surface area contributed by atoms with Crippen LogP contribution in [0.4, 0.5) is 11.4 Å². The van der Waals surface area contributed by atoms with E-state index in [2.05, 4.69) is 24.0 Å². The molecule has 0 saturated carbocycles. The summed E-state index contributed by atoms with van der Waals surface area (Å²) in [6, 6.07) is 5.73. The zero-order valence-corrected chi connectivity index (χ0v) is 11.6. The SMILES string of the molecule is CC1CCCN(c2ccc3c(c2)N(C)C(=O)C3N)C1. The zero-order valence-electron chi connectivity index (χ0n) is 11.6. The normalized spacial score (nSPS) is 26.8. The van der Waals surface area contributed by atoms with Crippen molar-refractivity contribution >= 4 is 17.3 Å². The topological polar surface area (TPSA) is 49.6 Å². The Hall–Kier alpha value is -1.55. The van der Waals surface area contributed by atoms with E-state index >= 15 is 0 Å². The Bertz CT molecular complexity index is 514. The number of anilines is 2. The highest BCUT2D eigenvalue weighted by Gasteiger charge is 2.32. The first-order chi connectivity index (χ1) is 9.08. The van der Waals surface area contributed by atoms with Crippen molar-refractivity contribution in [2.75, 3.05) is 29.9 Å². The van der Waals surface area contributed by atoms with Crippen molar-refractivity contribution in [2.45, 2.75) is 25.8 Å². The molecule has 1 aromatic carbocycles. The van der Waals surface area contributed by atoms with Gasteiger partial charge in [-0.1, -0.05) is 13.0 Å². The molecule has 2 unspecified atom stereocenters. The molecular weight excluding hydrogens is 238 g/mol. The lowest BCUT2D eigenvalue weighted by Crippen LogP contribution is -2.34. The molecule has 2 atom stereocenters. The van der Waals surface area contributed by atoms with Gasteiger partial charge in [0, 0.05) is 31.4 Å². The van der Waals surface area contributed by atoms with Crippen LogP contribution in [0.1, 0.15) is 31.4 Å². The van der Waals surface area contributed by atoms with Crippen molar-refractivity contribution in [3.05, 3.63) is 23.8 Å². The van der Waals surface area contributed by atoms with Gasteiger partial charge in [-0.3, -0.25) is 4.79 Å². The van der Waals surface area contributed by atoms with Crippen LogP contribution < -0.4 is 15.5 Å². The molecular formula is C15H21N3O. The fourth-order valence-electron chi connectivity index (χ4n) is 3.17. The molecule has 1 amide bonds. The molecule has 2 N–H and O–H groups in total. The van der Waals surface area contributed by atoms with E-state index in [-0.39, 0.29) is 5.91 Å². The molecule has 102 valence electrons. The van der Waals surface area contributed by atoms with Crippen molar-refractivity contribution in [1.29, 1.82) is 0 Å². The minimum atomic E-state index is -0.491. The fourth-order valence-corrected chi connectivity index (χ4v) is 3.17. The number of piperidine rings is 1. The second kappa shape index (κ2) is 4.53. The molecule has 19 heavy (non-hydrogen) atoms. The molecule has 0 aromatic heterocycles. The number of likely N-dealkylation sites (N-methyl/N-ethyl adjacent to an activating group) is 1. The van der Waals surface area contributed by atoms with Crippen molar-refractivity contribution in [1.82, 2.24) is 0 Å². The first kappa shape index (κ1) is 12.5. The van der Waals surface area contributed by atoms with E-state index in [1.54, 1.807) is 11.9 Å². The number of rotatable bonds is 1. The third-order valence-corrected chi connectivity index (χ3v) is 4.33. The molecule has 1 aromatic rings. The lowest BCUT2D eigenvalue weighted by atomic mass is 9.99. The monoisotopic (exact) mass is 259 g/mol. The molecule has 0 aliphatic carbocycles. The quantitative estimate of drug-likeness (QED) is 0.838. The molecule has 1 fully saturated rings. The van der Waals surface area contributed by atoms with Crippen molar-refractivity contribution in [3.63, 3.8) is 0 Å². The number of carbonyl (C=O) groups excluding carboxylic acids is 1. The van der Waals surface area contributed by atoms with Gasteiger partial charge in [0.1, 0.15) is 6.04 Å². The van der Waals surface area contributed by atoms with Gasteiger partial charge >= 0.3 is 0 Å². The molecule has 4 heteroatoms. The van der Waals surface area contributed by atoms with Gasteiger partial charge in [-0.05, 0) is 30.9 Å². The average Bonchev–Trinajstić information content (AvgIpc) is 2.64. The molecule has 2 heterocycles. The number of hydrogen-bond acceptors (Lipinski definition) is 3. The van der Waals surface area contributed by atoms with Crippen LogP contribution in [0.15, 0.2) is 18.2 Å². The van der Waals surface area contributed by atoms with E-state index in [0.717, 1.165) is 30.3 Å². The van der Waals surface area contributed by atoms with Gasteiger partial charge in [-0.2, -0.15) is 0 Å². The molecule has 0 radical (unpaired) electrons. The maximum atomic E-state index is 11.9. The number of benzene rings is 1. The van der Waals surface area contributed by atoms with Gasteiger partial charge in [0.2, 0.25) is 5.91 Å². The predicted molar refractivity (Wildman–Crippen MR) is 77.4 cm³/mol. The van der Waals surface area contributed by atoms with Crippen LogP contribution in [0.5, 0.6) is 0 Å². The van der Waals surface area contributed by atoms with Gasteiger partial charge < -0.3 is 15.5 Å². The number of amides is 1. The average molecular weight is 259 g/mol. The smallest absolute Gasteiger partial charge is 0.248 e. The Morgan fingerprint density at radius 1 is 1.37 bits per heavy atom. The van der Waals surface area contributed by atoms with E-state index in [9.17, 15) is 4.79 Å². The van der Waals surface area contributed by atoms with E-state index in [1.165, 1.54) is 18.5 Å². The first-order valence-electron chi connectivity index (χ1n) is 7.00. The predicted octanol–water partition coefficient (Wildman–Crippen LogP) is 1.90. The summed E-state index contributed by atoms with van der Waals surface area (Å²) in [7, 11) is 1.80. The van der Waals surface area contributed by atoms with Crippen molar-refractivity contribution in [2.24, 2.45) is 11.7 Å². The van der Waals surface area contributed by atoms with Crippen molar-refractivity contribution in [3.8, 4) is 0 Å². The zero-order chi connectivity index (χ0) is 13.6. The molecule has 0 spiro atoms. The van der Waals surface area contributed by atoms with Crippen LogP contribution in [0.2, 0.25) is 0 Å². The summed E-state index contributed by atoms with van der Waals surface area (Å²) in [6.45, 7) is 4.50. The van der Waals surface area contributed by atoms with Gasteiger partial charge in [0.25, 0.3) is 0 Å². The van der Waals surface area contributed by atoms with Crippen LogP contribution in [-0.4, -0.2) is 26.0 Å². The standard InChI is InChI=1S/C15H21N3O/c1-10-4-3-7-18(9-10)11-5-6-12-13(8-11)17(2)15(19)14(12)16/h5-6,8,10,14H,3-4,7,9,16H2,1-2H3. The highest BCUT2D eigenvalue weighted by molar-refractivity contribution is 6.04. The van der Waals surface area contributed by atoms with E-state index < -0.39 is 6.04 Å². The lowest BCUT2D eigenvalue weighted by molar-refractivity contribution is -0.118. The molecule has 1 saturated heterocycles. The highest BCUT2D eigenvalue weighted by Crippen LogP contribution is 2.37. The first-order valence-corrected chi connectivity index (χ1v) is 7.00. The van der Waals surface area contributed by atoms with Crippen LogP contribution in [-0.2, 0) is 4.79 Å². The third kappa shape index (κ3) is 2.00. The Morgan fingerprint density at radius 3 is 2.89 bits per heavy atom. The summed E-state index contributed by atoms with van der Waals surface area (Å²) in [5.74, 6) is 0.725. The number of nitrogens with zero attached hydrogens (tertiary/aromatic N) is 2. The maximum absolute atomic E-state index is 11.9. The van der Waals surface area contributed by atoms with Gasteiger partial charge in [-0.25, -0.2) is 0 Å². The van der Waals surface area contributed by atoms with E-state index in [4.69, 9.17) is 5.73 Å². The molecule has 2 aliphatic rings. The Kier molecular flexibility index (Phi) is 2.97. The number of nitrogens with two attached hydrogens (primary N) is 1. The number of carbonyl (C=O) groups is 1. The summed E-state index contributed by atoms with van der Waals surface area (Å²) in [6.07, 6.45) is 2.55. The number of hydrogen-bond donors (Lipinski definition) is 1. The maximum Gasteiger partial charge on any atom is 0.248 e. The second-order valence-electron chi connectivity index (χ2n) is 5.81. The molecule has 0 bridgehead atoms. The van der Waals surface area contributed by atoms with Crippen LogP contribution in [0.3, 0.4) is 0 Å². The fraction of sp³-hybridized carbons (Fsp3) is 0.533. The summed E-state index contributed by atoms with van der Waals surface area (Å²) >= 11 is 0. The van der Waals surface area contributed by atoms with Crippen LogP contribution in [0.25, 0.3) is 0 Å².